The fourth-order valence-electron chi connectivity index (χ4n) is 1.88. The number of hydrogen-bond donors (Lipinski definition) is 1. The van der Waals surface area contributed by atoms with Gasteiger partial charge in [-0.2, -0.15) is 13.2 Å². The molecule has 0 aliphatic heterocycles. The first-order chi connectivity index (χ1) is 8.88. The van der Waals surface area contributed by atoms with Crippen LogP contribution in [0.1, 0.15) is 24.1 Å². The molecule has 0 heterocycles. The van der Waals surface area contributed by atoms with Crippen molar-refractivity contribution < 1.29 is 13.2 Å². The van der Waals surface area contributed by atoms with Gasteiger partial charge in [-0.3, -0.25) is 0 Å². The van der Waals surface area contributed by atoms with Crippen LogP contribution in [0.5, 0.6) is 0 Å². The largest absolute Gasteiger partial charge is 0.416 e. The molecule has 1 atom stereocenters. The highest BCUT2D eigenvalue weighted by atomic mass is 35.5. The highest BCUT2D eigenvalue weighted by Crippen LogP contribution is 2.32. The number of halogens is 4. The maximum absolute atomic E-state index is 12.7. The molecule has 5 heteroatoms. The summed E-state index contributed by atoms with van der Waals surface area (Å²) in [5.74, 6) is 0. The van der Waals surface area contributed by atoms with E-state index in [1.165, 1.54) is 6.07 Å². The lowest BCUT2D eigenvalue weighted by atomic mass is 9.99. The quantitative estimate of drug-likeness (QED) is 0.846. The Balaban J connectivity index is 0.00000200. The van der Waals surface area contributed by atoms with Gasteiger partial charge in [-0.15, -0.1) is 12.4 Å². The molecule has 0 saturated heterocycles. The molecule has 1 nitrogen and oxygen atoms in total. The Kier molecular flexibility index (Phi) is 5.20. The minimum atomic E-state index is -4.32. The van der Waals surface area contributed by atoms with Gasteiger partial charge in [0.15, 0.2) is 0 Å². The summed E-state index contributed by atoms with van der Waals surface area (Å²) in [4.78, 5) is 0. The van der Waals surface area contributed by atoms with Gasteiger partial charge in [-0.1, -0.05) is 30.3 Å². The van der Waals surface area contributed by atoms with Gasteiger partial charge in [0.2, 0.25) is 0 Å². The summed E-state index contributed by atoms with van der Waals surface area (Å²) in [7, 11) is 0. The lowest BCUT2D eigenvalue weighted by Gasteiger charge is -2.11. The third kappa shape index (κ3) is 3.74. The first-order valence-electron chi connectivity index (χ1n) is 5.91. The lowest BCUT2D eigenvalue weighted by molar-refractivity contribution is -0.137. The summed E-state index contributed by atoms with van der Waals surface area (Å²) in [6.07, 6.45) is -4.32. The zero-order valence-electron chi connectivity index (χ0n) is 10.8. The smallest absolute Gasteiger partial charge is 0.324 e. The van der Waals surface area contributed by atoms with Crippen molar-refractivity contribution in [1.82, 2.24) is 0 Å². The summed E-state index contributed by atoms with van der Waals surface area (Å²) in [6.45, 7) is 1.84. The molecular formula is C15H15ClF3N. The number of rotatable bonds is 2. The average Bonchev–Trinajstić information content (AvgIpc) is 2.38. The molecule has 108 valence electrons. The van der Waals surface area contributed by atoms with Gasteiger partial charge in [-0.05, 0) is 41.8 Å². The molecule has 0 aliphatic carbocycles. The van der Waals surface area contributed by atoms with Crippen LogP contribution < -0.4 is 5.73 Å². The normalized spacial score (nSPS) is 12.7. The minimum absolute atomic E-state index is 0. The van der Waals surface area contributed by atoms with Crippen molar-refractivity contribution in [3.63, 3.8) is 0 Å². The van der Waals surface area contributed by atoms with E-state index in [2.05, 4.69) is 0 Å². The molecule has 20 heavy (non-hydrogen) atoms. The topological polar surface area (TPSA) is 26.0 Å². The van der Waals surface area contributed by atoms with Crippen LogP contribution in [0.3, 0.4) is 0 Å². The van der Waals surface area contributed by atoms with Crippen LogP contribution in [0.2, 0.25) is 0 Å². The molecule has 2 aromatic carbocycles. The highest BCUT2D eigenvalue weighted by Gasteiger charge is 2.30. The fourth-order valence-corrected chi connectivity index (χ4v) is 1.88. The molecule has 0 bridgehead atoms. The van der Waals surface area contributed by atoms with E-state index < -0.39 is 11.7 Å². The van der Waals surface area contributed by atoms with E-state index in [-0.39, 0.29) is 18.4 Å². The second-order valence-corrected chi connectivity index (χ2v) is 4.49. The maximum Gasteiger partial charge on any atom is 0.416 e. The first kappa shape index (κ1) is 16.5. The number of benzene rings is 2. The Morgan fingerprint density at radius 1 is 0.950 bits per heavy atom. The second kappa shape index (κ2) is 6.29. The molecule has 2 aromatic rings. The van der Waals surface area contributed by atoms with E-state index in [0.717, 1.165) is 23.3 Å². The van der Waals surface area contributed by atoms with Crippen LogP contribution in [0.4, 0.5) is 13.2 Å². The van der Waals surface area contributed by atoms with Crippen LogP contribution in [0, 0.1) is 0 Å². The highest BCUT2D eigenvalue weighted by molar-refractivity contribution is 5.85. The van der Waals surface area contributed by atoms with E-state index in [0.29, 0.717) is 5.56 Å². The van der Waals surface area contributed by atoms with Crippen molar-refractivity contribution in [2.75, 3.05) is 0 Å². The van der Waals surface area contributed by atoms with Crippen molar-refractivity contribution in [2.24, 2.45) is 5.73 Å². The fraction of sp³-hybridized carbons (Fsp3) is 0.200. The Labute approximate surface area is 122 Å². The number of alkyl halides is 3. The average molecular weight is 302 g/mol. The van der Waals surface area contributed by atoms with Gasteiger partial charge < -0.3 is 5.73 Å². The third-order valence-corrected chi connectivity index (χ3v) is 2.94. The molecule has 2 N–H and O–H groups in total. The van der Waals surface area contributed by atoms with Gasteiger partial charge in [0.25, 0.3) is 0 Å². The van der Waals surface area contributed by atoms with Crippen LogP contribution >= 0.6 is 12.4 Å². The third-order valence-electron chi connectivity index (χ3n) is 2.94. The summed E-state index contributed by atoms with van der Waals surface area (Å²) in [5.41, 5.74) is 7.31. The number of hydrogen-bond acceptors (Lipinski definition) is 1. The molecule has 0 spiro atoms. The standard InChI is InChI=1S/C15H14F3N.ClH/c1-10(19)11-4-2-5-12(8-11)13-6-3-7-14(9-13)15(16,17)18;/h2-10H,19H2,1H3;1H/t10-;/m0./s1. The van der Waals surface area contributed by atoms with Gasteiger partial charge >= 0.3 is 6.18 Å². The van der Waals surface area contributed by atoms with Crippen molar-refractivity contribution in [3.8, 4) is 11.1 Å². The van der Waals surface area contributed by atoms with Gasteiger partial charge in [-0.25, -0.2) is 0 Å². The zero-order chi connectivity index (χ0) is 14.0. The van der Waals surface area contributed by atoms with Crippen LogP contribution in [0.15, 0.2) is 48.5 Å². The first-order valence-corrected chi connectivity index (χ1v) is 5.91. The second-order valence-electron chi connectivity index (χ2n) is 4.49. The molecule has 0 fully saturated rings. The predicted molar refractivity (Wildman–Crippen MR) is 76.7 cm³/mol. The Hall–Kier alpha value is -1.52. The van der Waals surface area contributed by atoms with Gasteiger partial charge in [0.1, 0.15) is 0 Å². The summed E-state index contributed by atoms with van der Waals surface area (Å²) in [6, 6.07) is 12.4. The van der Waals surface area contributed by atoms with Crippen LogP contribution in [0.25, 0.3) is 11.1 Å². The van der Waals surface area contributed by atoms with E-state index >= 15 is 0 Å². The SMILES string of the molecule is C[C@H](N)c1cccc(-c2cccc(C(F)(F)F)c2)c1.Cl. The van der Waals surface area contributed by atoms with E-state index in [4.69, 9.17) is 5.73 Å². The Morgan fingerprint density at radius 3 is 2.05 bits per heavy atom. The van der Waals surface area contributed by atoms with Crippen LogP contribution in [-0.2, 0) is 6.18 Å². The van der Waals surface area contributed by atoms with Crippen LogP contribution in [-0.4, -0.2) is 0 Å². The minimum Gasteiger partial charge on any atom is -0.324 e. The Bertz CT molecular complexity index is 579. The molecule has 0 amide bonds. The molecule has 0 radical (unpaired) electrons. The van der Waals surface area contributed by atoms with E-state index in [1.54, 1.807) is 18.2 Å². The van der Waals surface area contributed by atoms with Gasteiger partial charge in [0, 0.05) is 6.04 Å². The van der Waals surface area contributed by atoms with Gasteiger partial charge in [0.05, 0.1) is 5.56 Å². The van der Waals surface area contributed by atoms with Crippen molar-refractivity contribution in [2.45, 2.75) is 19.1 Å². The van der Waals surface area contributed by atoms with Crippen molar-refractivity contribution >= 4 is 12.4 Å². The van der Waals surface area contributed by atoms with Crippen molar-refractivity contribution in [1.29, 1.82) is 0 Å². The molecule has 0 aromatic heterocycles. The monoisotopic (exact) mass is 301 g/mol. The predicted octanol–water partition coefficient (Wildman–Crippen LogP) is 4.81. The maximum atomic E-state index is 12.7. The summed E-state index contributed by atoms with van der Waals surface area (Å²) >= 11 is 0. The summed E-state index contributed by atoms with van der Waals surface area (Å²) < 4.78 is 38.0. The summed E-state index contributed by atoms with van der Waals surface area (Å²) in [5, 5.41) is 0. The zero-order valence-corrected chi connectivity index (χ0v) is 11.6. The molecule has 0 saturated carbocycles. The molecule has 0 aliphatic rings. The Morgan fingerprint density at radius 2 is 1.50 bits per heavy atom. The van der Waals surface area contributed by atoms with E-state index in [1.807, 2.05) is 19.1 Å². The number of nitrogens with two attached hydrogens (primary N) is 1. The lowest BCUT2D eigenvalue weighted by Crippen LogP contribution is -2.05. The molecule has 2 rings (SSSR count). The van der Waals surface area contributed by atoms with E-state index in [9.17, 15) is 13.2 Å². The van der Waals surface area contributed by atoms with Crippen molar-refractivity contribution in [3.05, 3.63) is 59.7 Å². The molecule has 0 unspecified atom stereocenters. The molecular weight excluding hydrogens is 287 g/mol.